The minimum atomic E-state index is -3.94. The monoisotopic (exact) mass is 350 g/mol. The molecule has 1 saturated heterocycles. The molecule has 0 unspecified atom stereocenters. The molecule has 0 atom stereocenters. The first kappa shape index (κ1) is 16.9. The molecule has 0 saturated carbocycles. The molecule has 2 N–H and O–H groups in total. The maximum Gasteiger partial charge on any atom is 0.326 e. The van der Waals surface area contributed by atoms with Crippen LogP contribution in [0.25, 0.3) is 11.5 Å². The van der Waals surface area contributed by atoms with Gasteiger partial charge in [0.25, 0.3) is 0 Å². The molecule has 9 nitrogen and oxygen atoms in total. The molecular formula is C14H19N6O3P. The second kappa shape index (κ2) is 7.31. The molecule has 3 heterocycles. The van der Waals surface area contributed by atoms with E-state index in [-0.39, 0.29) is 6.16 Å². The lowest BCUT2D eigenvalue weighted by Crippen LogP contribution is -2.47. The van der Waals surface area contributed by atoms with Gasteiger partial charge in [-0.15, -0.1) is 0 Å². The van der Waals surface area contributed by atoms with Crippen LogP contribution in [0, 0.1) is 0 Å². The first-order chi connectivity index (χ1) is 11.5. The summed E-state index contributed by atoms with van der Waals surface area (Å²) < 4.78 is 11.0. The van der Waals surface area contributed by atoms with E-state index in [9.17, 15) is 4.57 Å². The van der Waals surface area contributed by atoms with Gasteiger partial charge in [-0.1, -0.05) is 0 Å². The van der Waals surface area contributed by atoms with Crippen LogP contribution in [-0.2, 0) is 4.57 Å². The van der Waals surface area contributed by atoms with Crippen LogP contribution in [0.4, 0.5) is 5.82 Å². The Balaban J connectivity index is 1.62. The zero-order chi connectivity index (χ0) is 17.0. The van der Waals surface area contributed by atoms with Gasteiger partial charge in [-0.05, 0) is 6.07 Å². The van der Waals surface area contributed by atoms with E-state index in [1.54, 1.807) is 18.5 Å². The van der Waals surface area contributed by atoms with Crippen LogP contribution in [-0.4, -0.2) is 73.5 Å². The first-order valence-corrected chi connectivity index (χ1v) is 9.42. The van der Waals surface area contributed by atoms with Crippen molar-refractivity contribution in [3.05, 3.63) is 30.9 Å². The summed E-state index contributed by atoms with van der Waals surface area (Å²) in [5.41, 5.74) is 0.671. The van der Waals surface area contributed by atoms with E-state index in [2.05, 4.69) is 29.7 Å². The van der Waals surface area contributed by atoms with Crippen LogP contribution in [0.1, 0.15) is 0 Å². The Morgan fingerprint density at radius 1 is 1.04 bits per heavy atom. The summed E-state index contributed by atoms with van der Waals surface area (Å²) in [6.45, 7) is 3.37. The quantitative estimate of drug-likeness (QED) is 0.731. The molecule has 0 amide bonds. The fourth-order valence-corrected chi connectivity index (χ4v) is 3.09. The zero-order valence-electron chi connectivity index (χ0n) is 13.1. The summed E-state index contributed by atoms with van der Waals surface area (Å²) in [4.78, 5) is 39.0. The molecule has 0 aliphatic carbocycles. The highest BCUT2D eigenvalue weighted by Crippen LogP contribution is 2.33. The van der Waals surface area contributed by atoms with Crippen molar-refractivity contribution in [2.75, 3.05) is 43.8 Å². The largest absolute Gasteiger partial charge is 0.354 e. The highest BCUT2D eigenvalue weighted by molar-refractivity contribution is 7.51. The third kappa shape index (κ3) is 4.55. The molecule has 24 heavy (non-hydrogen) atoms. The number of anilines is 1. The smallest absolute Gasteiger partial charge is 0.326 e. The highest BCUT2D eigenvalue weighted by atomic mass is 31.2. The molecule has 0 radical (unpaired) electrons. The SMILES string of the molecule is O=P(O)(O)CCN1CCN(c2cc(-c3ncccn3)ncn2)CC1. The summed E-state index contributed by atoms with van der Waals surface area (Å²) in [5.74, 6) is 1.36. The van der Waals surface area contributed by atoms with Gasteiger partial charge in [0.15, 0.2) is 5.82 Å². The molecule has 128 valence electrons. The van der Waals surface area contributed by atoms with Gasteiger partial charge in [-0.25, -0.2) is 19.9 Å². The number of hydrogen-bond donors (Lipinski definition) is 2. The molecule has 1 fully saturated rings. The average Bonchev–Trinajstić information content (AvgIpc) is 2.61. The minimum absolute atomic E-state index is 0.101. The first-order valence-electron chi connectivity index (χ1n) is 7.62. The Bertz CT molecular complexity index is 717. The summed E-state index contributed by atoms with van der Waals surface area (Å²) in [7, 11) is -3.94. The Kier molecular flexibility index (Phi) is 5.15. The lowest BCUT2D eigenvalue weighted by Gasteiger charge is -2.35. The number of hydrogen-bond acceptors (Lipinski definition) is 7. The van der Waals surface area contributed by atoms with Crippen molar-refractivity contribution >= 4 is 13.4 Å². The molecule has 0 spiro atoms. The molecule has 2 aromatic heterocycles. The van der Waals surface area contributed by atoms with Crippen molar-refractivity contribution in [2.45, 2.75) is 0 Å². The number of rotatable bonds is 5. The Morgan fingerprint density at radius 3 is 2.42 bits per heavy atom. The van der Waals surface area contributed by atoms with Crippen LogP contribution >= 0.6 is 7.60 Å². The van der Waals surface area contributed by atoms with E-state index in [1.165, 1.54) is 6.33 Å². The second-order valence-corrected chi connectivity index (χ2v) is 7.33. The van der Waals surface area contributed by atoms with Gasteiger partial charge in [0.1, 0.15) is 17.8 Å². The molecule has 3 rings (SSSR count). The fourth-order valence-electron chi connectivity index (χ4n) is 2.55. The predicted octanol–water partition coefficient (Wildman–Crippen LogP) is 0.233. The van der Waals surface area contributed by atoms with Gasteiger partial charge < -0.3 is 14.7 Å². The van der Waals surface area contributed by atoms with Crippen molar-refractivity contribution in [3.8, 4) is 11.5 Å². The Hall–Kier alpha value is -1.93. The maximum atomic E-state index is 11.0. The van der Waals surface area contributed by atoms with E-state index in [1.807, 2.05) is 6.07 Å². The second-order valence-electron chi connectivity index (χ2n) is 5.55. The summed E-state index contributed by atoms with van der Waals surface area (Å²) in [6, 6.07) is 3.61. The van der Waals surface area contributed by atoms with Crippen LogP contribution in [0.3, 0.4) is 0 Å². The lowest BCUT2D eigenvalue weighted by atomic mass is 10.3. The topological polar surface area (TPSA) is 116 Å². The van der Waals surface area contributed by atoms with Crippen molar-refractivity contribution in [3.63, 3.8) is 0 Å². The minimum Gasteiger partial charge on any atom is -0.354 e. The van der Waals surface area contributed by atoms with E-state index in [4.69, 9.17) is 9.79 Å². The summed E-state index contributed by atoms with van der Waals surface area (Å²) in [5, 5.41) is 0. The molecule has 10 heteroatoms. The molecular weight excluding hydrogens is 331 g/mol. The summed E-state index contributed by atoms with van der Waals surface area (Å²) in [6.07, 6.45) is 4.74. The molecule has 2 aromatic rings. The van der Waals surface area contributed by atoms with E-state index < -0.39 is 7.60 Å². The van der Waals surface area contributed by atoms with Crippen LogP contribution in [0.2, 0.25) is 0 Å². The van der Waals surface area contributed by atoms with Crippen LogP contribution < -0.4 is 4.90 Å². The van der Waals surface area contributed by atoms with Gasteiger partial charge in [-0.2, -0.15) is 0 Å². The molecule has 0 aromatic carbocycles. The molecule has 1 aliphatic rings. The van der Waals surface area contributed by atoms with Gasteiger partial charge >= 0.3 is 7.60 Å². The fraction of sp³-hybridized carbons (Fsp3) is 0.429. The molecule has 1 aliphatic heterocycles. The standard InChI is InChI=1S/C14H19N6O3P/c21-24(22,23)9-8-19-4-6-20(7-5-19)13-10-12(17-11-18-13)14-15-2-1-3-16-14/h1-3,10-11H,4-9H2,(H2,21,22,23). The number of aromatic nitrogens is 4. The average molecular weight is 350 g/mol. The normalized spacial score (nSPS) is 16.3. The molecule has 0 bridgehead atoms. The van der Waals surface area contributed by atoms with Gasteiger partial charge in [0, 0.05) is 51.2 Å². The van der Waals surface area contributed by atoms with Crippen molar-refractivity contribution < 1.29 is 14.4 Å². The van der Waals surface area contributed by atoms with Gasteiger partial charge in [0.2, 0.25) is 0 Å². The van der Waals surface area contributed by atoms with Gasteiger partial charge in [0.05, 0.1) is 6.16 Å². The zero-order valence-corrected chi connectivity index (χ0v) is 14.0. The third-order valence-electron chi connectivity index (χ3n) is 3.85. The lowest BCUT2D eigenvalue weighted by molar-refractivity contribution is 0.264. The van der Waals surface area contributed by atoms with Crippen molar-refractivity contribution in [2.24, 2.45) is 0 Å². The predicted molar refractivity (Wildman–Crippen MR) is 88.6 cm³/mol. The van der Waals surface area contributed by atoms with Crippen molar-refractivity contribution in [1.29, 1.82) is 0 Å². The highest BCUT2D eigenvalue weighted by Gasteiger charge is 2.21. The maximum absolute atomic E-state index is 11.0. The van der Waals surface area contributed by atoms with E-state index >= 15 is 0 Å². The third-order valence-corrected chi connectivity index (χ3v) is 4.63. The van der Waals surface area contributed by atoms with Crippen molar-refractivity contribution in [1.82, 2.24) is 24.8 Å². The number of piperazine rings is 1. The van der Waals surface area contributed by atoms with Gasteiger partial charge in [-0.3, -0.25) is 9.46 Å². The van der Waals surface area contributed by atoms with Crippen LogP contribution in [0.15, 0.2) is 30.9 Å². The van der Waals surface area contributed by atoms with Crippen LogP contribution in [0.5, 0.6) is 0 Å². The van der Waals surface area contributed by atoms with E-state index in [0.29, 0.717) is 18.1 Å². The number of nitrogens with zero attached hydrogens (tertiary/aromatic N) is 6. The Labute approximate surface area is 139 Å². The van der Waals surface area contributed by atoms with E-state index in [0.717, 1.165) is 32.0 Å². The summed E-state index contributed by atoms with van der Waals surface area (Å²) >= 11 is 0. The Morgan fingerprint density at radius 2 is 1.75 bits per heavy atom.